The minimum Gasteiger partial charge on any atom is -0.433 e. The van der Waals surface area contributed by atoms with Gasteiger partial charge >= 0.3 is 6.61 Å². The first-order valence-corrected chi connectivity index (χ1v) is 6.07. The van der Waals surface area contributed by atoms with Gasteiger partial charge in [0.2, 0.25) is 0 Å². The fourth-order valence-corrected chi connectivity index (χ4v) is 1.72. The molecule has 8 heteroatoms. The molecule has 0 aliphatic rings. The van der Waals surface area contributed by atoms with E-state index in [1.807, 2.05) is 0 Å². The number of amides is 1. The van der Waals surface area contributed by atoms with E-state index in [0.29, 0.717) is 0 Å². The first kappa shape index (κ1) is 15.4. The van der Waals surface area contributed by atoms with E-state index < -0.39 is 17.4 Å². The summed E-state index contributed by atoms with van der Waals surface area (Å²) in [6, 6.07) is 10.7. The number of nitrogens with zero attached hydrogens (tertiary/aromatic N) is 1. The van der Waals surface area contributed by atoms with Gasteiger partial charge in [-0.25, -0.2) is 0 Å². The van der Waals surface area contributed by atoms with E-state index in [4.69, 9.17) is 0 Å². The molecule has 0 aromatic heterocycles. The van der Waals surface area contributed by atoms with Crippen LogP contribution in [0, 0.1) is 10.1 Å². The molecule has 0 unspecified atom stereocenters. The Kier molecular flexibility index (Phi) is 4.62. The van der Waals surface area contributed by atoms with Gasteiger partial charge < -0.3 is 10.1 Å². The number of carbonyl (C=O) groups is 1. The molecular formula is C14H10F2N2O4. The number of non-ortho nitro benzene ring substituents is 1. The largest absolute Gasteiger partial charge is 0.433 e. The summed E-state index contributed by atoms with van der Waals surface area (Å²) in [5, 5.41) is 13.1. The molecule has 1 N–H and O–H groups in total. The Balaban J connectivity index is 2.22. The SMILES string of the molecule is O=C(Nc1ccccc1OC(F)F)c1cccc([N+](=O)[O-])c1. The number of nitrogens with one attached hydrogen (secondary N) is 1. The second kappa shape index (κ2) is 6.61. The summed E-state index contributed by atoms with van der Waals surface area (Å²) in [5.74, 6) is -0.870. The van der Waals surface area contributed by atoms with Gasteiger partial charge in [-0.3, -0.25) is 14.9 Å². The number of alkyl halides is 2. The lowest BCUT2D eigenvalue weighted by Gasteiger charge is -2.11. The van der Waals surface area contributed by atoms with Gasteiger partial charge in [0.25, 0.3) is 11.6 Å². The number of carbonyl (C=O) groups excluding carboxylic acids is 1. The van der Waals surface area contributed by atoms with Crippen molar-refractivity contribution in [1.29, 1.82) is 0 Å². The van der Waals surface area contributed by atoms with Crippen molar-refractivity contribution >= 4 is 17.3 Å². The molecule has 22 heavy (non-hydrogen) atoms. The quantitative estimate of drug-likeness (QED) is 0.677. The molecule has 0 saturated heterocycles. The molecule has 0 aliphatic heterocycles. The van der Waals surface area contributed by atoms with Crippen molar-refractivity contribution in [2.45, 2.75) is 6.61 Å². The van der Waals surface area contributed by atoms with Gasteiger partial charge in [-0.05, 0) is 18.2 Å². The first-order valence-electron chi connectivity index (χ1n) is 6.07. The smallest absolute Gasteiger partial charge is 0.387 e. The van der Waals surface area contributed by atoms with Gasteiger partial charge in [0.1, 0.15) is 5.75 Å². The zero-order chi connectivity index (χ0) is 16.1. The summed E-state index contributed by atoms with van der Waals surface area (Å²) in [6.45, 7) is -3.03. The van der Waals surface area contributed by atoms with Crippen LogP contribution in [-0.2, 0) is 0 Å². The van der Waals surface area contributed by atoms with Crippen LogP contribution in [0.1, 0.15) is 10.4 Å². The maximum Gasteiger partial charge on any atom is 0.387 e. The van der Waals surface area contributed by atoms with Crippen molar-refractivity contribution in [1.82, 2.24) is 0 Å². The average Bonchev–Trinajstić information content (AvgIpc) is 2.49. The fourth-order valence-electron chi connectivity index (χ4n) is 1.72. The predicted octanol–water partition coefficient (Wildman–Crippen LogP) is 3.45. The van der Waals surface area contributed by atoms with Gasteiger partial charge in [-0.1, -0.05) is 18.2 Å². The molecule has 0 spiro atoms. The lowest BCUT2D eigenvalue weighted by molar-refractivity contribution is -0.384. The van der Waals surface area contributed by atoms with E-state index >= 15 is 0 Å². The summed E-state index contributed by atoms with van der Waals surface area (Å²) in [4.78, 5) is 22.1. The molecule has 0 atom stereocenters. The zero-order valence-corrected chi connectivity index (χ0v) is 11.0. The van der Waals surface area contributed by atoms with Crippen LogP contribution in [-0.4, -0.2) is 17.4 Å². The van der Waals surface area contributed by atoms with E-state index in [0.717, 1.165) is 6.07 Å². The van der Waals surface area contributed by atoms with Crippen LogP contribution in [0.25, 0.3) is 0 Å². The van der Waals surface area contributed by atoms with E-state index in [2.05, 4.69) is 10.1 Å². The molecule has 0 saturated carbocycles. The average molecular weight is 308 g/mol. The maximum atomic E-state index is 12.3. The highest BCUT2D eigenvalue weighted by atomic mass is 19.3. The highest BCUT2D eigenvalue weighted by Gasteiger charge is 2.15. The Bertz CT molecular complexity index is 707. The second-order valence-electron chi connectivity index (χ2n) is 4.14. The minimum atomic E-state index is -3.03. The topological polar surface area (TPSA) is 81.5 Å². The van der Waals surface area contributed by atoms with Gasteiger partial charge in [0.15, 0.2) is 0 Å². The Labute approximate surface area is 123 Å². The molecule has 114 valence electrons. The molecule has 0 bridgehead atoms. The van der Waals surface area contributed by atoms with Crippen LogP contribution < -0.4 is 10.1 Å². The number of ether oxygens (including phenoxy) is 1. The van der Waals surface area contributed by atoms with Gasteiger partial charge in [0.05, 0.1) is 10.6 Å². The van der Waals surface area contributed by atoms with E-state index in [1.54, 1.807) is 0 Å². The molecule has 0 heterocycles. The summed E-state index contributed by atoms with van der Waals surface area (Å²) in [7, 11) is 0. The molecule has 2 rings (SSSR count). The van der Waals surface area contributed by atoms with Crippen LogP contribution in [0.15, 0.2) is 48.5 Å². The molecule has 0 radical (unpaired) electrons. The summed E-state index contributed by atoms with van der Waals surface area (Å²) < 4.78 is 28.9. The van der Waals surface area contributed by atoms with Crippen molar-refractivity contribution in [3.8, 4) is 5.75 Å². The molecule has 0 fully saturated rings. The second-order valence-corrected chi connectivity index (χ2v) is 4.14. The third-order valence-electron chi connectivity index (χ3n) is 2.67. The maximum absolute atomic E-state index is 12.3. The third kappa shape index (κ3) is 3.75. The van der Waals surface area contributed by atoms with Crippen molar-refractivity contribution in [3.05, 3.63) is 64.2 Å². The van der Waals surface area contributed by atoms with Gasteiger partial charge in [-0.2, -0.15) is 8.78 Å². The number of benzene rings is 2. The van der Waals surface area contributed by atoms with Crippen molar-refractivity contribution in [2.24, 2.45) is 0 Å². The Morgan fingerprint density at radius 1 is 1.18 bits per heavy atom. The van der Waals surface area contributed by atoms with Gasteiger partial charge in [0, 0.05) is 17.7 Å². The highest BCUT2D eigenvalue weighted by Crippen LogP contribution is 2.26. The molecule has 0 aliphatic carbocycles. The number of nitro benzene ring substituents is 1. The van der Waals surface area contributed by atoms with Crippen LogP contribution in [0.3, 0.4) is 0 Å². The lowest BCUT2D eigenvalue weighted by atomic mass is 10.2. The Morgan fingerprint density at radius 3 is 2.59 bits per heavy atom. The summed E-state index contributed by atoms with van der Waals surface area (Å²) >= 11 is 0. The van der Waals surface area contributed by atoms with Crippen LogP contribution in [0.5, 0.6) is 5.75 Å². The molecule has 6 nitrogen and oxygen atoms in total. The number of anilines is 1. The number of para-hydroxylation sites is 2. The zero-order valence-electron chi connectivity index (χ0n) is 11.0. The molecule has 1 amide bonds. The number of hydrogen-bond acceptors (Lipinski definition) is 4. The number of hydrogen-bond donors (Lipinski definition) is 1. The number of rotatable bonds is 5. The standard InChI is InChI=1S/C14H10F2N2O4/c15-14(16)22-12-7-2-1-6-11(12)17-13(19)9-4-3-5-10(8-9)18(20)21/h1-8,14H,(H,17,19). The van der Waals surface area contributed by atoms with Crippen LogP contribution in [0.4, 0.5) is 20.2 Å². The summed E-state index contributed by atoms with van der Waals surface area (Å²) in [6.07, 6.45) is 0. The van der Waals surface area contributed by atoms with Crippen molar-refractivity contribution in [2.75, 3.05) is 5.32 Å². The normalized spacial score (nSPS) is 10.3. The Morgan fingerprint density at radius 2 is 1.91 bits per heavy atom. The summed E-state index contributed by atoms with van der Waals surface area (Å²) in [5.41, 5.74) is -0.176. The lowest BCUT2D eigenvalue weighted by Crippen LogP contribution is -2.14. The van der Waals surface area contributed by atoms with Crippen LogP contribution in [0.2, 0.25) is 0 Å². The van der Waals surface area contributed by atoms with Gasteiger partial charge in [-0.15, -0.1) is 0 Å². The number of halogens is 2. The molecule has 2 aromatic rings. The molecular weight excluding hydrogens is 298 g/mol. The van der Waals surface area contributed by atoms with Crippen molar-refractivity contribution < 1.29 is 23.2 Å². The van der Waals surface area contributed by atoms with Crippen LogP contribution >= 0.6 is 0 Å². The predicted molar refractivity (Wildman–Crippen MR) is 74.1 cm³/mol. The third-order valence-corrected chi connectivity index (χ3v) is 2.67. The highest BCUT2D eigenvalue weighted by molar-refractivity contribution is 6.05. The molecule has 2 aromatic carbocycles. The Hall–Kier alpha value is -3.03. The van der Waals surface area contributed by atoms with Crippen molar-refractivity contribution in [3.63, 3.8) is 0 Å². The first-order chi connectivity index (χ1) is 10.5. The van der Waals surface area contributed by atoms with E-state index in [-0.39, 0.29) is 22.7 Å². The van der Waals surface area contributed by atoms with E-state index in [9.17, 15) is 23.7 Å². The monoisotopic (exact) mass is 308 g/mol. The minimum absolute atomic E-state index is 0.0288. The fraction of sp³-hybridized carbons (Fsp3) is 0.0714. The number of nitro groups is 1. The van der Waals surface area contributed by atoms with E-state index in [1.165, 1.54) is 42.5 Å².